The summed E-state index contributed by atoms with van der Waals surface area (Å²) in [5.74, 6) is -0.404. The summed E-state index contributed by atoms with van der Waals surface area (Å²) < 4.78 is 0. The van der Waals surface area contributed by atoms with Crippen LogP contribution in [0, 0.1) is 0 Å². The Morgan fingerprint density at radius 2 is 2.07 bits per heavy atom. The maximum absolute atomic E-state index is 11.3. The van der Waals surface area contributed by atoms with Gasteiger partial charge in [0.05, 0.1) is 12.1 Å². The van der Waals surface area contributed by atoms with Gasteiger partial charge in [0.15, 0.2) is 0 Å². The molecule has 1 fully saturated rings. The first-order chi connectivity index (χ1) is 6.49. The summed E-state index contributed by atoms with van der Waals surface area (Å²) >= 11 is 0. The summed E-state index contributed by atoms with van der Waals surface area (Å²) in [7, 11) is 0. The van der Waals surface area contributed by atoms with Crippen molar-refractivity contribution >= 4 is 12.0 Å². The van der Waals surface area contributed by atoms with Crippen LogP contribution in [0.5, 0.6) is 0 Å². The molecule has 4 N–H and O–H groups in total. The first kappa shape index (κ1) is 10.8. The molecular formula is C8H14N2O4. The number of carboxylic acid groups (broad SMARTS) is 1. The summed E-state index contributed by atoms with van der Waals surface area (Å²) in [6.45, 7) is 1.36. The van der Waals surface area contributed by atoms with Gasteiger partial charge in [0.2, 0.25) is 5.91 Å². The van der Waals surface area contributed by atoms with E-state index in [1.807, 2.05) is 5.32 Å². The molecule has 1 saturated carbocycles. The van der Waals surface area contributed by atoms with E-state index in [2.05, 4.69) is 5.32 Å². The SMILES string of the molecule is CC(NC(=O)O)C(=O)NC1(CO)CC1. The highest BCUT2D eigenvalue weighted by Gasteiger charge is 2.44. The number of amides is 2. The topological polar surface area (TPSA) is 98.7 Å². The van der Waals surface area contributed by atoms with Crippen LogP contribution in [-0.2, 0) is 4.79 Å². The minimum atomic E-state index is -1.23. The van der Waals surface area contributed by atoms with Gasteiger partial charge in [-0.2, -0.15) is 0 Å². The fourth-order valence-corrected chi connectivity index (χ4v) is 1.09. The van der Waals surface area contributed by atoms with Crippen molar-refractivity contribution in [2.45, 2.75) is 31.3 Å². The molecule has 0 bridgehead atoms. The van der Waals surface area contributed by atoms with Crippen molar-refractivity contribution in [1.29, 1.82) is 0 Å². The lowest BCUT2D eigenvalue weighted by molar-refractivity contribution is -0.123. The zero-order valence-corrected chi connectivity index (χ0v) is 7.91. The number of hydrogen-bond acceptors (Lipinski definition) is 3. The Kier molecular flexibility index (Phi) is 2.95. The van der Waals surface area contributed by atoms with Crippen LogP contribution in [0.25, 0.3) is 0 Å². The monoisotopic (exact) mass is 202 g/mol. The molecule has 6 nitrogen and oxygen atoms in total. The molecular weight excluding hydrogens is 188 g/mol. The van der Waals surface area contributed by atoms with Crippen LogP contribution in [0.15, 0.2) is 0 Å². The van der Waals surface area contributed by atoms with Gasteiger partial charge >= 0.3 is 6.09 Å². The lowest BCUT2D eigenvalue weighted by atomic mass is 10.2. The third-order valence-electron chi connectivity index (χ3n) is 2.28. The molecule has 0 saturated heterocycles. The molecule has 1 rings (SSSR count). The van der Waals surface area contributed by atoms with Crippen LogP contribution in [0.3, 0.4) is 0 Å². The highest BCUT2D eigenvalue weighted by atomic mass is 16.4. The third-order valence-corrected chi connectivity index (χ3v) is 2.28. The molecule has 0 spiro atoms. The largest absolute Gasteiger partial charge is 0.465 e. The van der Waals surface area contributed by atoms with Crippen molar-refractivity contribution in [3.05, 3.63) is 0 Å². The normalized spacial score (nSPS) is 19.6. The average molecular weight is 202 g/mol. The second-order valence-electron chi connectivity index (χ2n) is 3.60. The molecule has 6 heteroatoms. The van der Waals surface area contributed by atoms with Gasteiger partial charge in [0.25, 0.3) is 0 Å². The molecule has 0 aromatic rings. The highest BCUT2D eigenvalue weighted by Crippen LogP contribution is 2.34. The van der Waals surface area contributed by atoms with Gasteiger partial charge in [-0.3, -0.25) is 4.79 Å². The summed E-state index contributed by atoms with van der Waals surface area (Å²) in [4.78, 5) is 21.6. The first-order valence-corrected chi connectivity index (χ1v) is 4.41. The summed E-state index contributed by atoms with van der Waals surface area (Å²) in [5.41, 5.74) is -0.495. The van der Waals surface area contributed by atoms with E-state index in [1.165, 1.54) is 6.92 Å². The average Bonchev–Trinajstić information content (AvgIpc) is 2.84. The minimum absolute atomic E-state index is 0.0987. The molecule has 0 aromatic carbocycles. The van der Waals surface area contributed by atoms with Crippen LogP contribution in [0.2, 0.25) is 0 Å². The van der Waals surface area contributed by atoms with E-state index in [0.717, 1.165) is 12.8 Å². The molecule has 0 radical (unpaired) electrons. The first-order valence-electron chi connectivity index (χ1n) is 4.41. The van der Waals surface area contributed by atoms with E-state index < -0.39 is 23.6 Å². The van der Waals surface area contributed by atoms with Gasteiger partial charge in [-0.15, -0.1) is 0 Å². The Morgan fingerprint density at radius 1 is 1.50 bits per heavy atom. The Balaban J connectivity index is 2.38. The summed E-state index contributed by atoms with van der Waals surface area (Å²) in [6.07, 6.45) is 0.255. The van der Waals surface area contributed by atoms with Gasteiger partial charge < -0.3 is 20.8 Å². The standard InChI is InChI=1S/C8H14N2O4/c1-5(9-7(13)14)6(12)10-8(4-11)2-3-8/h5,9,11H,2-4H2,1H3,(H,10,12)(H,13,14). The van der Waals surface area contributed by atoms with Crippen LogP contribution in [0.4, 0.5) is 4.79 Å². The number of nitrogens with one attached hydrogen (secondary N) is 2. The molecule has 2 amide bonds. The highest BCUT2D eigenvalue weighted by molar-refractivity contribution is 5.85. The number of carbonyl (C=O) groups excluding carboxylic acids is 1. The molecule has 1 aliphatic rings. The van der Waals surface area contributed by atoms with Crippen molar-refractivity contribution < 1.29 is 19.8 Å². The van der Waals surface area contributed by atoms with Crippen LogP contribution < -0.4 is 10.6 Å². The van der Waals surface area contributed by atoms with Crippen LogP contribution >= 0.6 is 0 Å². The fourth-order valence-electron chi connectivity index (χ4n) is 1.09. The quantitative estimate of drug-likeness (QED) is 0.483. The van der Waals surface area contributed by atoms with Gasteiger partial charge in [-0.1, -0.05) is 0 Å². The maximum Gasteiger partial charge on any atom is 0.405 e. The third kappa shape index (κ3) is 2.59. The van der Waals surface area contributed by atoms with E-state index in [9.17, 15) is 9.59 Å². The number of aliphatic hydroxyl groups is 1. The molecule has 0 heterocycles. The van der Waals surface area contributed by atoms with Crippen molar-refractivity contribution in [2.75, 3.05) is 6.61 Å². The Labute approximate surface area is 81.3 Å². The summed E-state index contributed by atoms with van der Waals surface area (Å²) in [5, 5.41) is 21.9. The predicted octanol–water partition coefficient (Wildman–Crippen LogP) is -0.716. The molecule has 1 aliphatic carbocycles. The number of aliphatic hydroxyl groups excluding tert-OH is 1. The zero-order chi connectivity index (χ0) is 10.8. The van der Waals surface area contributed by atoms with E-state index in [4.69, 9.17) is 10.2 Å². The molecule has 1 unspecified atom stereocenters. The van der Waals surface area contributed by atoms with Crippen molar-refractivity contribution in [2.24, 2.45) is 0 Å². The molecule has 1 atom stereocenters. The second-order valence-corrected chi connectivity index (χ2v) is 3.60. The number of carbonyl (C=O) groups is 2. The van der Waals surface area contributed by atoms with E-state index in [-0.39, 0.29) is 6.61 Å². The second kappa shape index (κ2) is 3.83. The molecule has 80 valence electrons. The summed E-state index contributed by atoms with van der Waals surface area (Å²) in [6, 6.07) is -0.795. The Morgan fingerprint density at radius 3 is 2.43 bits per heavy atom. The lowest BCUT2D eigenvalue weighted by Gasteiger charge is -2.17. The van der Waals surface area contributed by atoms with Crippen LogP contribution in [-0.4, -0.2) is 40.4 Å². The van der Waals surface area contributed by atoms with Crippen LogP contribution in [0.1, 0.15) is 19.8 Å². The predicted molar refractivity (Wildman–Crippen MR) is 47.8 cm³/mol. The fraction of sp³-hybridized carbons (Fsp3) is 0.750. The number of hydrogen-bond donors (Lipinski definition) is 4. The maximum atomic E-state index is 11.3. The lowest BCUT2D eigenvalue weighted by Crippen LogP contribution is -2.49. The Bertz CT molecular complexity index is 250. The van der Waals surface area contributed by atoms with Gasteiger partial charge in [-0.05, 0) is 19.8 Å². The van der Waals surface area contributed by atoms with E-state index in [0.29, 0.717) is 0 Å². The molecule has 14 heavy (non-hydrogen) atoms. The van der Waals surface area contributed by atoms with Crippen molar-refractivity contribution in [3.63, 3.8) is 0 Å². The smallest absolute Gasteiger partial charge is 0.405 e. The van der Waals surface area contributed by atoms with Gasteiger partial charge in [0.1, 0.15) is 6.04 Å². The van der Waals surface area contributed by atoms with E-state index in [1.54, 1.807) is 0 Å². The molecule has 0 aromatic heterocycles. The van der Waals surface area contributed by atoms with Gasteiger partial charge in [0, 0.05) is 0 Å². The van der Waals surface area contributed by atoms with E-state index >= 15 is 0 Å². The van der Waals surface area contributed by atoms with Crippen molar-refractivity contribution in [3.8, 4) is 0 Å². The Hall–Kier alpha value is -1.30. The van der Waals surface area contributed by atoms with Crippen molar-refractivity contribution in [1.82, 2.24) is 10.6 Å². The molecule has 0 aliphatic heterocycles. The minimum Gasteiger partial charge on any atom is -0.465 e. The number of rotatable bonds is 4. The van der Waals surface area contributed by atoms with Gasteiger partial charge in [-0.25, -0.2) is 4.79 Å². The zero-order valence-electron chi connectivity index (χ0n) is 7.91.